The van der Waals surface area contributed by atoms with E-state index in [0.29, 0.717) is 22.4 Å². The number of aryl methyl sites for hydroxylation is 1. The first kappa shape index (κ1) is 22.2. The Morgan fingerprint density at radius 2 is 2.00 bits per heavy atom. The Morgan fingerprint density at radius 1 is 1.21 bits per heavy atom. The predicted octanol–water partition coefficient (Wildman–Crippen LogP) is 4.89. The number of carbonyl (C=O) groups is 1. The Bertz CT molecular complexity index is 1360. The normalized spacial score (nSPS) is 11.1. The number of amides is 1. The fraction of sp³-hybridized carbons (Fsp3) is 0.167. The summed E-state index contributed by atoms with van der Waals surface area (Å²) in [7, 11) is 0. The molecule has 0 aliphatic heterocycles. The first-order chi connectivity index (χ1) is 16.0. The lowest BCUT2D eigenvalue weighted by molar-refractivity contribution is -0.113. The Kier molecular flexibility index (Phi) is 6.47. The first-order valence-corrected chi connectivity index (χ1v) is 11.2. The van der Waals surface area contributed by atoms with Crippen LogP contribution >= 0.6 is 11.8 Å². The number of para-hydroxylation sites is 1. The van der Waals surface area contributed by atoms with Crippen LogP contribution in [0.5, 0.6) is 0 Å². The molecule has 0 bridgehead atoms. The third-order valence-corrected chi connectivity index (χ3v) is 5.93. The van der Waals surface area contributed by atoms with Gasteiger partial charge in [-0.05, 0) is 62.8 Å². The van der Waals surface area contributed by atoms with Crippen molar-refractivity contribution >= 4 is 35.6 Å². The molecule has 0 aliphatic carbocycles. The number of furan rings is 1. The van der Waals surface area contributed by atoms with Gasteiger partial charge in [-0.3, -0.25) is 14.5 Å². The van der Waals surface area contributed by atoms with Crippen molar-refractivity contribution in [2.45, 2.75) is 25.9 Å². The number of rotatable bonds is 7. The summed E-state index contributed by atoms with van der Waals surface area (Å²) in [6.07, 6.45) is 3.55. The molecule has 4 rings (SSSR count). The molecule has 166 valence electrons. The van der Waals surface area contributed by atoms with Crippen molar-refractivity contribution in [3.8, 4) is 11.8 Å². The second-order valence-corrected chi connectivity index (χ2v) is 8.28. The molecule has 2 N–H and O–H groups in total. The fourth-order valence-electron chi connectivity index (χ4n) is 3.36. The molecule has 0 spiro atoms. The van der Waals surface area contributed by atoms with Crippen LogP contribution in [0.2, 0.25) is 0 Å². The van der Waals surface area contributed by atoms with Crippen LogP contribution in [0.1, 0.15) is 34.2 Å². The number of H-pyrrole nitrogens is 1. The molecule has 0 radical (unpaired) electrons. The molecule has 4 aromatic rings. The zero-order valence-corrected chi connectivity index (χ0v) is 19.2. The van der Waals surface area contributed by atoms with Crippen LogP contribution in [0, 0.1) is 32.1 Å². The van der Waals surface area contributed by atoms with Gasteiger partial charge in [0.25, 0.3) is 0 Å². The van der Waals surface area contributed by atoms with Gasteiger partial charge in [0.2, 0.25) is 11.1 Å². The fourth-order valence-corrected chi connectivity index (χ4v) is 3.97. The Balaban J connectivity index is 1.45. The van der Waals surface area contributed by atoms with E-state index < -0.39 is 0 Å². The number of anilines is 1. The standard InChI is InChI=1S/C24H22N6O2S/c1-15-9-10-19(32-15)11-12-21-26-24(29-28-21)33-14-22(31)27-23-20(13-25)16(2)17(3)30(23)18-7-5-4-6-8-18/h4-12H,14H2,1-3H3,(H,27,31)(H,26,28,29)/b12-11+. The number of nitrogens with zero attached hydrogens (tertiary/aromatic N) is 4. The van der Waals surface area contributed by atoms with Gasteiger partial charge >= 0.3 is 0 Å². The van der Waals surface area contributed by atoms with Crippen molar-refractivity contribution in [3.63, 3.8) is 0 Å². The van der Waals surface area contributed by atoms with Crippen LogP contribution in [0.25, 0.3) is 17.8 Å². The predicted molar refractivity (Wildman–Crippen MR) is 128 cm³/mol. The van der Waals surface area contributed by atoms with Crippen molar-refractivity contribution in [1.82, 2.24) is 19.7 Å². The van der Waals surface area contributed by atoms with Crippen LogP contribution < -0.4 is 5.32 Å². The molecule has 0 atom stereocenters. The van der Waals surface area contributed by atoms with Crippen molar-refractivity contribution in [2.75, 3.05) is 11.1 Å². The van der Waals surface area contributed by atoms with E-state index in [2.05, 4.69) is 26.6 Å². The number of carbonyl (C=O) groups excluding carboxylic acids is 1. The molecule has 0 unspecified atom stereocenters. The van der Waals surface area contributed by atoms with Crippen molar-refractivity contribution < 1.29 is 9.21 Å². The summed E-state index contributed by atoms with van der Waals surface area (Å²) in [5.41, 5.74) is 3.06. The molecule has 8 nitrogen and oxygen atoms in total. The Morgan fingerprint density at radius 3 is 2.70 bits per heavy atom. The maximum Gasteiger partial charge on any atom is 0.236 e. The minimum absolute atomic E-state index is 0.0985. The molecule has 9 heteroatoms. The number of aromatic amines is 1. The minimum atomic E-state index is -0.251. The maximum atomic E-state index is 12.7. The van der Waals surface area contributed by atoms with Gasteiger partial charge in [-0.25, -0.2) is 4.98 Å². The highest BCUT2D eigenvalue weighted by Gasteiger charge is 2.21. The van der Waals surface area contributed by atoms with E-state index in [-0.39, 0.29) is 11.7 Å². The number of aromatic nitrogens is 4. The third kappa shape index (κ3) is 4.91. The molecule has 3 aromatic heterocycles. The molecule has 3 heterocycles. The molecule has 0 aliphatic rings. The number of thioether (sulfide) groups is 1. The zero-order chi connectivity index (χ0) is 23.4. The summed E-state index contributed by atoms with van der Waals surface area (Å²) in [6, 6.07) is 15.6. The molecular formula is C24H22N6O2S. The molecular weight excluding hydrogens is 436 g/mol. The summed E-state index contributed by atoms with van der Waals surface area (Å²) in [5.74, 6) is 2.43. The zero-order valence-electron chi connectivity index (χ0n) is 18.4. The summed E-state index contributed by atoms with van der Waals surface area (Å²) in [5, 5.41) is 20.0. The van der Waals surface area contributed by atoms with E-state index in [0.717, 1.165) is 28.5 Å². The lowest BCUT2D eigenvalue weighted by atomic mass is 10.2. The van der Waals surface area contributed by atoms with Gasteiger partial charge in [0.1, 0.15) is 29.2 Å². The van der Waals surface area contributed by atoms with Gasteiger partial charge in [0, 0.05) is 11.4 Å². The van der Waals surface area contributed by atoms with Gasteiger partial charge in [-0.1, -0.05) is 30.0 Å². The summed E-state index contributed by atoms with van der Waals surface area (Å²) in [6.45, 7) is 5.69. The highest BCUT2D eigenvalue weighted by atomic mass is 32.2. The highest BCUT2D eigenvalue weighted by Crippen LogP contribution is 2.30. The average Bonchev–Trinajstić information content (AvgIpc) is 3.50. The van der Waals surface area contributed by atoms with E-state index in [4.69, 9.17) is 4.42 Å². The molecule has 1 aromatic carbocycles. The Labute approximate surface area is 195 Å². The SMILES string of the molecule is Cc1ccc(/C=C/c2nc(SCC(=O)Nc3c(C#N)c(C)c(C)n3-c3ccccc3)n[nH]2)o1. The van der Waals surface area contributed by atoms with Gasteiger partial charge in [0.05, 0.1) is 11.3 Å². The summed E-state index contributed by atoms with van der Waals surface area (Å²) in [4.78, 5) is 17.1. The number of benzene rings is 1. The van der Waals surface area contributed by atoms with Crippen LogP contribution in [0.4, 0.5) is 5.82 Å². The van der Waals surface area contributed by atoms with Crippen molar-refractivity contribution in [3.05, 3.63) is 76.6 Å². The van der Waals surface area contributed by atoms with Crippen LogP contribution in [0.15, 0.2) is 52.0 Å². The molecule has 0 saturated heterocycles. The third-order valence-electron chi connectivity index (χ3n) is 5.08. The van der Waals surface area contributed by atoms with Gasteiger partial charge in [-0.15, -0.1) is 5.10 Å². The topological polar surface area (TPSA) is 113 Å². The molecule has 0 fully saturated rings. The minimum Gasteiger partial charge on any atom is -0.462 e. The lowest BCUT2D eigenvalue weighted by Crippen LogP contribution is -2.17. The van der Waals surface area contributed by atoms with Gasteiger partial charge < -0.3 is 9.73 Å². The summed E-state index contributed by atoms with van der Waals surface area (Å²) < 4.78 is 7.38. The van der Waals surface area contributed by atoms with Crippen molar-refractivity contribution in [2.24, 2.45) is 0 Å². The lowest BCUT2D eigenvalue weighted by Gasteiger charge is -2.12. The number of nitriles is 1. The van der Waals surface area contributed by atoms with Gasteiger partial charge in [0.15, 0.2) is 0 Å². The summed E-state index contributed by atoms with van der Waals surface area (Å²) >= 11 is 1.21. The smallest absolute Gasteiger partial charge is 0.236 e. The monoisotopic (exact) mass is 458 g/mol. The average molecular weight is 459 g/mol. The highest BCUT2D eigenvalue weighted by molar-refractivity contribution is 7.99. The first-order valence-electron chi connectivity index (χ1n) is 10.2. The van der Waals surface area contributed by atoms with Gasteiger partial charge in [-0.2, -0.15) is 5.26 Å². The molecule has 1 amide bonds. The van der Waals surface area contributed by atoms with E-state index in [1.165, 1.54) is 11.8 Å². The number of hydrogen-bond donors (Lipinski definition) is 2. The van der Waals surface area contributed by atoms with Crippen molar-refractivity contribution in [1.29, 1.82) is 5.26 Å². The molecule has 33 heavy (non-hydrogen) atoms. The largest absolute Gasteiger partial charge is 0.462 e. The molecule has 0 saturated carbocycles. The van der Waals surface area contributed by atoms with E-state index >= 15 is 0 Å². The van der Waals surface area contributed by atoms with E-state index in [1.807, 2.05) is 67.8 Å². The van der Waals surface area contributed by atoms with E-state index in [9.17, 15) is 10.1 Å². The number of nitrogens with one attached hydrogen (secondary N) is 2. The van der Waals surface area contributed by atoms with Crippen LogP contribution in [-0.2, 0) is 4.79 Å². The second-order valence-electron chi connectivity index (χ2n) is 7.34. The Hall–Kier alpha value is -4.03. The van der Waals surface area contributed by atoms with Crippen LogP contribution in [-0.4, -0.2) is 31.4 Å². The second kappa shape index (κ2) is 9.63. The van der Waals surface area contributed by atoms with Crippen LogP contribution in [0.3, 0.4) is 0 Å². The quantitative estimate of drug-likeness (QED) is 0.382. The maximum absolute atomic E-state index is 12.7. The number of hydrogen-bond acceptors (Lipinski definition) is 6. The van der Waals surface area contributed by atoms with E-state index in [1.54, 1.807) is 12.2 Å².